The first-order valence-corrected chi connectivity index (χ1v) is 7.56. The molecular formula is C12H18F3NO3S. The van der Waals surface area contributed by atoms with E-state index in [2.05, 4.69) is 0 Å². The molecule has 1 aromatic rings. The van der Waals surface area contributed by atoms with Gasteiger partial charge in [0, 0.05) is 6.04 Å². The average Bonchev–Trinajstić information content (AvgIpc) is 2.28. The zero-order valence-corrected chi connectivity index (χ0v) is 12.0. The molecule has 1 aromatic carbocycles. The summed E-state index contributed by atoms with van der Waals surface area (Å²) in [5.74, 6) is -0.631. The first-order valence-electron chi connectivity index (χ1n) is 5.95. The van der Waals surface area contributed by atoms with Crippen LogP contribution >= 0.6 is 0 Å². The molecule has 0 saturated heterocycles. The fourth-order valence-electron chi connectivity index (χ4n) is 1.46. The smallest absolute Gasteiger partial charge is 0.326 e. The van der Waals surface area contributed by atoms with E-state index in [1.54, 1.807) is 0 Å². The van der Waals surface area contributed by atoms with Crippen molar-refractivity contribution >= 4 is 10.1 Å². The second-order valence-electron chi connectivity index (χ2n) is 3.91. The molecule has 0 unspecified atom stereocenters. The number of hydrogen-bond donors (Lipinski definition) is 2. The first-order chi connectivity index (χ1) is 9.08. The molecule has 0 bridgehead atoms. The van der Waals surface area contributed by atoms with Gasteiger partial charge in [-0.3, -0.25) is 4.55 Å². The standard InChI is InChI=1S/C10H12F3NO3S.C2H6/c11-10(12,13)8-3-1-7(2-4-8)5-9(14)6-18(15,16)17;1-2/h1-4,9H,5-6,14H2,(H,15,16,17);1-2H3/t9-;/m1./s1. The highest BCUT2D eigenvalue weighted by Crippen LogP contribution is 2.29. The summed E-state index contributed by atoms with van der Waals surface area (Å²) >= 11 is 0. The van der Waals surface area contributed by atoms with Crippen molar-refractivity contribution in [3.8, 4) is 0 Å². The lowest BCUT2D eigenvalue weighted by atomic mass is 10.1. The predicted molar refractivity (Wildman–Crippen MR) is 70.9 cm³/mol. The first kappa shape index (κ1) is 18.9. The largest absolute Gasteiger partial charge is 0.416 e. The molecule has 20 heavy (non-hydrogen) atoms. The molecule has 0 aliphatic heterocycles. The topological polar surface area (TPSA) is 80.4 Å². The molecule has 0 aliphatic carbocycles. The van der Waals surface area contributed by atoms with Crippen molar-refractivity contribution in [2.75, 3.05) is 5.75 Å². The van der Waals surface area contributed by atoms with Crippen molar-refractivity contribution in [3.63, 3.8) is 0 Å². The molecule has 0 spiro atoms. The summed E-state index contributed by atoms with van der Waals surface area (Å²) in [7, 11) is -4.18. The lowest BCUT2D eigenvalue weighted by Crippen LogP contribution is -2.31. The Kier molecular flexibility index (Phi) is 7.18. The highest BCUT2D eigenvalue weighted by molar-refractivity contribution is 7.85. The molecule has 116 valence electrons. The van der Waals surface area contributed by atoms with Gasteiger partial charge in [-0.15, -0.1) is 0 Å². The van der Waals surface area contributed by atoms with Gasteiger partial charge in [-0.1, -0.05) is 26.0 Å². The maximum absolute atomic E-state index is 12.3. The Morgan fingerprint density at radius 2 is 1.65 bits per heavy atom. The molecule has 4 nitrogen and oxygen atoms in total. The summed E-state index contributed by atoms with van der Waals surface area (Å²) < 4.78 is 66.5. The van der Waals surface area contributed by atoms with E-state index in [0.29, 0.717) is 5.56 Å². The van der Waals surface area contributed by atoms with Crippen molar-refractivity contribution in [2.45, 2.75) is 32.5 Å². The Morgan fingerprint density at radius 3 is 2.00 bits per heavy atom. The lowest BCUT2D eigenvalue weighted by Gasteiger charge is -2.11. The zero-order valence-electron chi connectivity index (χ0n) is 11.2. The highest BCUT2D eigenvalue weighted by Gasteiger charge is 2.29. The fraction of sp³-hybridized carbons (Fsp3) is 0.500. The molecule has 8 heteroatoms. The molecule has 3 N–H and O–H groups in total. The molecular weight excluding hydrogens is 295 g/mol. The Balaban J connectivity index is 0.00000172. The lowest BCUT2D eigenvalue weighted by molar-refractivity contribution is -0.137. The molecule has 0 fully saturated rings. The van der Waals surface area contributed by atoms with Gasteiger partial charge in [0.05, 0.1) is 11.3 Å². The number of nitrogens with two attached hydrogens (primary N) is 1. The second kappa shape index (κ2) is 7.61. The van der Waals surface area contributed by atoms with Gasteiger partial charge >= 0.3 is 6.18 Å². The van der Waals surface area contributed by atoms with Gasteiger partial charge in [-0.05, 0) is 24.1 Å². The number of rotatable bonds is 4. The SMILES string of the molecule is CC.N[C@H](Cc1ccc(C(F)(F)F)cc1)CS(=O)(=O)O. The van der Waals surface area contributed by atoms with Crippen LogP contribution in [0.1, 0.15) is 25.0 Å². The van der Waals surface area contributed by atoms with Crippen molar-refractivity contribution in [3.05, 3.63) is 35.4 Å². The van der Waals surface area contributed by atoms with Crippen LogP contribution in [0.3, 0.4) is 0 Å². The Morgan fingerprint density at radius 1 is 1.20 bits per heavy atom. The Hall–Kier alpha value is -1.12. The van der Waals surface area contributed by atoms with Gasteiger partial charge in [0.15, 0.2) is 0 Å². The molecule has 0 radical (unpaired) electrons. The van der Waals surface area contributed by atoms with E-state index in [-0.39, 0.29) is 6.42 Å². The van der Waals surface area contributed by atoms with E-state index in [4.69, 9.17) is 10.3 Å². The van der Waals surface area contributed by atoms with Crippen LogP contribution in [0, 0.1) is 0 Å². The van der Waals surface area contributed by atoms with Crippen LogP contribution in [0.4, 0.5) is 13.2 Å². The molecule has 0 aliphatic rings. The molecule has 0 saturated carbocycles. The zero-order chi connectivity index (χ0) is 16.0. The number of halogens is 3. The summed E-state index contributed by atoms with van der Waals surface area (Å²) in [6, 6.07) is 3.39. The van der Waals surface area contributed by atoms with Crippen molar-refractivity contribution in [1.29, 1.82) is 0 Å². The minimum atomic E-state index is -4.41. The van der Waals surface area contributed by atoms with Gasteiger partial charge < -0.3 is 5.73 Å². The fourth-order valence-corrected chi connectivity index (χ4v) is 2.12. The van der Waals surface area contributed by atoms with Gasteiger partial charge in [0.1, 0.15) is 0 Å². The van der Waals surface area contributed by atoms with Gasteiger partial charge in [0.25, 0.3) is 10.1 Å². The van der Waals surface area contributed by atoms with E-state index < -0.39 is 33.7 Å². The van der Waals surface area contributed by atoms with Crippen LogP contribution in [-0.4, -0.2) is 24.8 Å². The van der Waals surface area contributed by atoms with Gasteiger partial charge in [-0.25, -0.2) is 0 Å². The third-order valence-corrected chi connectivity index (χ3v) is 3.05. The summed E-state index contributed by atoms with van der Waals surface area (Å²) in [4.78, 5) is 0. The van der Waals surface area contributed by atoms with E-state index in [0.717, 1.165) is 12.1 Å². The normalized spacial score (nSPS) is 13.3. The van der Waals surface area contributed by atoms with Crippen molar-refractivity contribution < 1.29 is 26.1 Å². The van der Waals surface area contributed by atoms with Crippen LogP contribution in [-0.2, 0) is 22.7 Å². The molecule has 1 rings (SSSR count). The summed E-state index contributed by atoms with van der Waals surface area (Å²) in [5.41, 5.74) is 5.14. The van der Waals surface area contributed by atoms with Crippen LogP contribution in [0.15, 0.2) is 24.3 Å². The van der Waals surface area contributed by atoms with E-state index in [1.807, 2.05) is 13.8 Å². The monoisotopic (exact) mass is 313 g/mol. The minimum absolute atomic E-state index is 0.0674. The summed E-state index contributed by atoms with van der Waals surface area (Å²) in [5, 5.41) is 0. The maximum atomic E-state index is 12.3. The molecule has 0 aromatic heterocycles. The highest BCUT2D eigenvalue weighted by atomic mass is 32.2. The molecule has 1 atom stereocenters. The average molecular weight is 313 g/mol. The Labute approximate surface area is 116 Å². The second-order valence-corrected chi connectivity index (χ2v) is 5.40. The van der Waals surface area contributed by atoms with Crippen LogP contribution < -0.4 is 5.73 Å². The van der Waals surface area contributed by atoms with Crippen LogP contribution in [0.2, 0.25) is 0 Å². The number of alkyl halides is 3. The molecule has 0 heterocycles. The number of hydrogen-bond acceptors (Lipinski definition) is 3. The summed E-state index contributed by atoms with van der Waals surface area (Å²) in [6.45, 7) is 4.00. The van der Waals surface area contributed by atoms with Gasteiger partial charge in [0.2, 0.25) is 0 Å². The Bertz CT molecular complexity index is 498. The van der Waals surface area contributed by atoms with Crippen LogP contribution in [0.25, 0.3) is 0 Å². The van der Waals surface area contributed by atoms with Gasteiger partial charge in [-0.2, -0.15) is 21.6 Å². The third-order valence-electron chi connectivity index (χ3n) is 2.20. The van der Waals surface area contributed by atoms with E-state index in [9.17, 15) is 21.6 Å². The third kappa shape index (κ3) is 7.46. The van der Waals surface area contributed by atoms with E-state index in [1.165, 1.54) is 12.1 Å². The quantitative estimate of drug-likeness (QED) is 0.837. The molecule has 0 amide bonds. The van der Waals surface area contributed by atoms with Crippen molar-refractivity contribution in [1.82, 2.24) is 0 Å². The van der Waals surface area contributed by atoms with Crippen molar-refractivity contribution in [2.24, 2.45) is 5.73 Å². The van der Waals surface area contributed by atoms with E-state index >= 15 is 0 Å². The van der Waals surface area contributed by atoms with Crippen LogP contribution in [0.5, 0.6) is 0 Å². The maximum Gasteiger partial charge on any atom is 0.416 e. The predicted octanol–water partition coefficient (Wildman–Crippen LogP) is 2.49. The summed E-state index contributed by atoms with van der Waals surface area (Å²) in [6.07, 6.45) is -4.34. The number of benzene rings is 1. The minimum Gasteiger partial charge on any atom is -0.326 e.